The second-order valence-corrected chi connectivity index (χ2v) is 6.53. The molecule has 2 atom stereocenters. The number of rotatable bonds is 3. The molecule has 3 saturated heterocycles. The largest absolute Gasteiger partial charge is 0.497 e. The maximum absolute atomic E-state index is 13.0. The fraction of sp³-hybridized carbons (Fsp3) is 0.529. The third kappa shape index (κ3) is 3.17. The van der Waals surface area contributed by atoms with Gasteiger partial charge in [-0.2, -0.15) is 0 Å². The third-order valence-electron chi connectivity index (χ3n) is 4.79. The summed E-state index contributed by atoms with van der Waals surface area (Å²) in [5.41, 5.74) is 0.460. The number of hydrogen-bond donors (Lipinski definition) is 1. The summed E-state index contributed by atoms with van der Waals surface area (Å²) in [5.74, 6) is -0.274. The lowest BCUT2D eigenvalue weighted by atomic mass is 9.94. The third-order valence-corrected chi connectivity index (χ3v) is 4.79. The van der Waals surface area contributed by atoms with Crippen LogP contribution in [0.3, 0.4) is 0 Å². The lowest BCUT2D eigenvalue weighted by Gasteiger charge is -2.36. The first-order chi connectivity index (χ1) is 11.0. The average molecular weight is 318 g/mol. The smallest absolute Gasteiger partial charge is 0.335 e. The van der Waals surface area contributed by atoms with E-state index in [0.717, 1.165) is 32.5 Å². The van der Waals surface area contributed by atoms with Crippen LogP contribution in [0, 0.1) is 5.92 Å². The molecule has 3 aliphatic heterocycles. The van der Waals surface area contributed by atoms with Crippen LogP contribution < -0.4 is 4.74 Å². The molecule has 4 rings (SSSR count). The summed E-state index contributed by atoms with van der Waals surface area (Å²) in [6.07, 6.45) is 2.16. The number of carbonyl (C=O) groups excluding carboxylic acids is 1. The molecule has 0 unspecified atom stereocenters. The topological polar surface area (TPSA) is 70.1 Å². The van der Waals surface area contributed by atoms with Crippen molar-refractivity contribution in [3.63, 3.8) is 0 Å². The molecule has 6 heteroatoms. The average Bonchev–Trinajstić information content (AvgIpc) is 2.82. The Kier molecular flexibility index (Phi) is 4.26. The molecule has 1 aromatic carbocycles. The highest BCUT2D eigenvalue weighted by atomic mass is 16.5. The zero-order valence-corrected chi connectivity index (χ0v) is 13.5. The van der Waals surface area contributed by atoms with E-state index in [1.807, 2.05) is 4.90 Å². The van der Waals surface area contributed by atoms with Crippen molar-refractivity contribution in [2.24, 2.45) is 5.92 Å². The number of benzene rings is 1. The Labute approximate surface area is 135 Å². The number of amides is 1. The van der Waals surface area contributed by atoms with Crippen molar-refractivity contribution >= 4 is 11.9 Å². The quantitative estimate of drug-likeness (QED) is 0.916. The van der Waals surface area contributed by atoms with E-state index in [4.69, 9.17) is 4.74 Å². The molecule has 1 amide bonds. The summed E-state index contributed by atoms with van der Waals surface area (Å²) >= 11 is 0. The van der Waals surface area contributed by atoms with Gasteiger partial charge in [-0.3, -0.25) is 4.79 Å². The fourth-order valence-electron chi connectivity index (χ4n) is 3.69. The molecule has 3 fully saturated rings. The summed E-state index contributed by atoms with van der Waals surface area (Å²) in [6, 6.07) is 4.69. The number of ether oxygens (including phenoxy) is 1. The fourth-order valence-corrected chi connectivity index (χ4v) is 3.69. The van der Waals surface area contributed by atoms with Crippen LogP contribution >= 0.6 is 0 Å². The molecule has 3 heterocycles. The Morgan fingerprint density at radius 3 is 2.57 bits per heavy atom. The van der Waals surface area contributed by atoms with E-state index in [0.29, 0.717) is 17.2 Å². The molecule has 124 valence electrons. The van der Waals surface area contributed by atoms with Crippen LogP contribution in [0.5, 0.6) is 5.75 Å². The molecule has 0 radical (unpaired) electrons. The van der Waals surface area contributed by atoms with Gasteiger partial charge in [-0.15, -0.1) is 0 Å². The molecule has 0 spiro atoms. The van der Waals surface area contributed by atoms with E-state index in [1.54, 1.807) is 6.07 Å². The second-order valence-electron chi connectivity index (χ2n) is 6.53. The molecule has 1 N–H and O–H groups in total. The van der Waals surface area contributed by atoms with Crippen LogP contribution in [-0.4, -0.2) is 66.6 Å². The maximum Gasteiger partial charge on any atom is 0.335 e. The first-order valence-corrected chi connectivity index (χ1v) is 7.90. The monoisotopic (exact) mass is 318 g/mol. The number of piperidine rings is 1. The number of carboxylic acids is 1. The van der Waals surface area contributed by atoms with E-state index in [-0.39, 0.29) is 17.5 Å². The Hall–Kier alpha value is -2.08. The van der Waals surface area contributed by atoms with E-state index in [1.165, 1.54) is 19.2 Å². The van der Waals surface area contributed by atoms with Crippen molar-refractivity contribution in [2.45, 2.75) is 18.9 Å². The summed E-state index contributed by atoms with van der Waals surface area (Å²) < 4.78 is 5.14. The number of carbonyl (C=O) groups is 2. The van der Waals surface area contributed by atoms with Crippen molar-refractivity contribution in [1.29, 1.82) is 0 Å². The SMILES string of the molecule is COc1cc(C(=O)O)cc(C(=O)N2C[C@H]3CC[C@@H]2CN(C)C3)c1. The summed E-state index contributed by atoms with van der Waals surface area (Å²) in [7, 11) is 3.56. The Bertz CT molecular complexity index is 631. The minimum absolute atomic E-state index is 0.0739. The van der Waals surface area contributed by atoms with Gasteiger partial charge in [0.25, 0.3) is 5.91 Å². The molecule has 6 nitrogen and oxygen atoms in total. The summed E-state index contributed by atoms with van der Waals surface area (Å²) in [4.78, 5) is 28.4. The van der Waals surface area contributed by atoms with E-state index < -0.39 is 5.97 Å². The number of fused-ring (bicyclic) bond motifs is 4. The highest BCUT2D eigenvalue weighted by Gasteiger charge is 2.36. The van der Waals surface area contributed by atoms with Crippen molar-refractivity contribution in [3.8, 4) is 5.75 Å². The van der Waals surface area contributed by atoms with Gasteiger partial charge in [0.05, 0.1) is 12.7 Å². The lowest BCUT2D eigenvalue weighted by molar-refractivity contribution is 0.0586. The van der Waals surface area contributed by atoms with Gasteiger partial charge in [0.1, 0.15) is 5.75 Å². The van der Waals surface area contributed by atoms with Gasteiger partial charge in [-0.25, -0.2) is 4.79 Å². The first-order valence-electron chi connectivity index (χ1n) is 7.90. The van der Waals surface area contributed by atoms with Crippen LogP contribution in [0.2, 0.25) is 0 Å². The number of hydrogen-bond acceptors (Lipinski definition) is 4. The van der Waals surface area contributed by atoms with Gasteiger partial charge in [0, 0.05) is 31.2 Å². The summed E-state index contributed by atoms with van der Waals surface area (Å²) in [6.45, 7) is 2.63. The van der Waals surface area contributed by atoms with E-state index >= 15 is 0 Å². The zero-order chi connectivity index (χ0) is 16.6. The zero-order valence-electron chi connectivity index (χ0n) is 13.5. The van der Waals surface area contributed by atoms with Gasteiger partial charge in [-0.05, 0) is 44.0 Å². The standard InChI is InChI=1S/C17H22N2O4/c1-18-8-11-3-4-14(10-18)19(9-11)16(20)12-5-13(17(21)22)7-15(6-12)23-2/h5-7,11,14H,3-4,8-10H2,1-2H3,(H,21,22)/t11-,14+/m0/s1. The predicted octanol–water partition coefficient (Wildman–Crippen LogP) is 1.56. The van der Waals surface area contributed by atoms with Crippen LogP contribution in [0.25, 0.3) is 0 Å². The summed E-state index contributed by atoms with van der Waals surface area (Å²) in [5, 5.41) is 9.22. The van der Waals surface area contributed by atoms with Crippen LogP contribution in [0.15, 0.2) is 18.2 Å². The van der Waals surface area contributed by atoms with Gasteiger partial charge < -0.3 is 19.6 Å². The lowest BCUT2D eigenvalue weighted by Crippen LogP contribution is -2.47. The number of likely N-dealkylation sites (N-methyl/N-ethyl adjacent to an activating group) is 1. The number of methoxy groups -OCH3 is 1. The van der Waals surface area contributed by atoms with Crippen molar-refractivity contribution in [3.05, 3.63) is 29.3 Å². The molecule has 1 aromatic rings. The van der Waals surface area contributed by atoms with Gasteiger partial charge in [0.2, 0.25) is 0 Å². The molecule has 3 aliphatic rings. The molecular formula is C17H22N2O4. The molecule has 0 aliphatic carbocycles. The van der Waals surface area contributed by atoms with Crippen molar-refractivity contribution in [2.75, 3.05) is 33.8 Å². The van der Waals surface area contributed by atoms with Crippen molar-refractivity contribution < 1.29 is 19.4 Å². The molecule has 0 aromatic heterocycles. The van der Waals surface area contributed by atoms with Gasteiger partial charge in [0.15, 0.2) is 0 Å². The Morgan fingerprint density at radius 2 is 1.87 bits per heavy atom. The molecule has 2 bridgehead atoms. The van der Waals surface area contributed by atoms with Crippen LogP contribution in [-0.2, 0) is 0 Å². The van der Waals surface area contributed by atoms with Crippen molar-refractivity contribution in [1.82, 2.24) is 9.80 Å². The Balaban J connectivity index is 1.91. The highest BCUT2D eigenvalue weighted by molar-refractivity contribution is 5.98. The molecule has 23 heavy (non-hydrogen) atoms. The first kappa shape index (κ1) is 15.8. The highest BCUT2D eigenvalue weighted by Crippen LogP contribution is 2.29. The molecule has 0 saturated carbocycles. The van der Waals surface area contributed by atoms with Crippen LogP contribution in [0.4, 0.5) is 0 Å². The Morgan fingerprint density at radius 1 is 1.13 bits per heavy atom. The minimum Gasteiger partial charge on any atom is -0.497 e. The number of nitrogens with zero attached hydrogens (tertiary/aromatic N) is 2. The van der Waals surface area contributed by atoms with Crippen LogP contribution in [0.1, 0.15) is 33.6 Å². The number of carboxylic acid groups (broad SMARTS) is 1. The van der Waals surface area contributed by atoms with Gasteiger partial charge in [-0.1, -0.05) is 0 Å². The maximum atomic E-state index is 13.0. The minimum atomic E-state index is -1.06. The van der Waals surface area contributed by atoms with E-state index in [9.17, 15) is 14.7 Å². The predicted molar refractivity (Wildman–Crippen MR) is 85.0 cm³/mol. The second kappa shape index (κ2) is 6.20. The number of aromatic carboxylic acids is 1. The van der Waals surface area contributed by atoms with E-state index in [2.05, 4.69) is 11.9 Å². The molecular weight excluding hydrogens is 296 g/mol. The normalized spacial score (nSPS) is 24.3. The van der Waals surface area contributed by atoms with Gasteiger partial charge >= 0.3 is 5.97 Å².